The molecule has 1 aromatic carbocycles. The molecule has 0 fully saturated rings. The van der Waals surface area contributed by atoms with Crippen molar-refractivity contribution in [2.45, 2.75) is 6.54 Å². The van der Waals surface area contributed by atoms with Crippen LogP contribution in [-0.2, 0) is 16.4 Å². The lowest BCUT2D eigenvalue weighted by atomic mass is 10.2. The summed E-state index contributed by atoms with van der Waals surface area (Å²) >= 11 is 0. The van der Waals surface area contributed by atoms with Gasteiger partial charge in [0.1, 0.15) is 9.84 Å². The molecule has 0 spiro atoms. The molecule has 102 valence electrons. The van der Waals surface area contributed by atoms with E-state index in [1.165, 1.54) is 13.4 Å². The number of phenolic OH excluding ortho intramolecular Hbond substituents is 1. The summed E-state index contributed by atoms with van der Waals surface area (Å²) in [6.07, 6.45) is 1.23. The Morgan fingerprint density at radius 1 is 1.39 bits per heavy atom. The summed E-state index contributed by atoms with van der Waals surface area (Å²) in [5.74, 6) is 0.655. The van der Waals surface area contributed by atoms with E-state index in [2.05, 4.69) is 0 Å². The van der Waals surface area contributed by atoms with Gasteiger partial charge in [-0.2, -0.15) is 0 Å². The van der Waals surface area contributed by atoms with Crippen LogP contribution >= 0.6 is 0 Å². The first kappa shape index (κ1) is 14.8. The second-order valence-corrected chi connectivity index (χ2v) is 6.63. The Bertz CT molecular complexity index is 499. The van der Waals surface area contributed by atoms with E-state index in [0.29, 0.717) is 18.8 Å². The number of hydrogen-bond acceptors (Lipinski definition) is 5. The van der Waals surface area contributed by atoms with Gasteiger partial charge in [0.15, 0.2) is 11.5 Å². The van der Waals surface area contributed by atoms with Gasteiger partial charge in [-0.1, -0.05) is 6.07 Å². The molecule has 0 amide bonds. The Morgan fingerprint density at radius 3 is 2.61 bits per heavy atom. The number of nitrogens with zero attached hydrogens (tertiary/aromatic N) is 1. The minimum atomic E-state index is -2.94. The van der Waals surface area contributed by atoms with E-state index in [9.17, 15) is 13.5 Å². The molecule has 0 aliphatic rings. The fourth-order valence-electron chi connectivity index (χ4n) is 1.53. The van der Waals surface area contributed by atoms with E-state index >= 15 is 0 Å². The van der Waals surface area contributed by atoms with E-state index in [1.54, 1.807) is 18.2 Å². The highest BCUT2D eigenvalue weighted by atomic mass is 32.2. The van der Waals surface area contributed by atoms with Crippen molar-refractivity contribution in [3.63, 3.8) is 0 Å². The molecule has 1 aromatic rings. The largest absolute Gasteiger partial charge is 0.504 e. The van der Waals surface area contributed by atoms with E-state index in [1.807, 2.05) is 11.9 Å². The van der Waals surface area contributed by atoms with E-state index in [4.69, 9.17) is 4.74 Å². The first-order valence-corrected chi connectivity index (χ1v) is 7.60. The molecule has 6 heteroatoms. The SMILES string of the molecule is COc1cc(CN(C)CCS(C)(=O)=O)ccc1O. The molecular weight excluding hydrogens is 254 g/mol. The van der Waals surface area contributed by atoms with Crippen LogP contribution in [0.5, 0.6) is 11.5 Å². The fourth-order valence-corrected chi connectivity index (χ4v) is 2.18. The summed E-state index contributed by atoms with van der Waals surface area (Å²) in [5, 5.41) is 9.46. The Labute approximate surface area is 108 Å². The van der Waals surface area contributed by atoms with E-state index in [0.717, 1.165) is 5.56 Å². The first-order chi connectivity index (χ1) is 8.31. The molecule has 1 N–H and O–H groups in total. The van der Waals surface area contributed by atoms with Crippen LogP contribution in [0.1, 0.15) is 5.56 Å². The number of benzene rings is 1. The summed E-state index contributed by atoms with van der Waals surface area (Å²) in [6.45, 7) is 1.08. The average Bonchev–Trinajstić information content (AvgIpc) is 2.28. The number of methoxy groups -OCH3 is 1. The lowest BCUT2D eigenvalue weighted by Gasteiger charge is -2.16. The van der Waals surface area contributed by atoms with Crippen molar-refractivity contribution < 1.29 is 18.3 Å². The zero-order valence-electron chi connectivity index (χ0n) is 10.9. The van der Waals surface area contributed by atoms with Crippen LogP contribution in [0.25, 0.3) is 0 Å². The molecule has 18 heavy (non-hydrogen) atoms. The molecule has 0 aromatic heterocycles. The maximum atomic E-state index is 11.1. The second kappa shape index (κ2) is 6.06. The third-order valence-electron chi connectivity index (χ3n) is 2.54. The first-order valence-electron chi connectivity index (χ1n) is 5.54. The summed E-state index contributed by atoms with van der Waals surface area (Å²) in [5.41, 5.74) is 0.959. The quantitative estimate of drug-likeness (QED) is 0.833. The van der Waals surface area contributed by atoms with Crippen molar-refractivity contribution in [2.75, 3.05) is 32.7 Å². The van der Waals surface area contributed by atoms with Crippen molar-refractivity contribution in [1.29, 1.82) is 0 Å². The van der Waals surface area contributed by atoms with Gasteiger partial charge in [-0.05, 0) is 24.7 Å². The third kappa shape index (κ3) is 4.93. The normalized spacial score (nSPS) is 11.8. The topological polar surface area (TPSA) is 66.8 Å². The monoisotopic (exact) mass is 273 g/mol. The van der Waals surface area contributed by atoms with Crippen LogP contribution in [0.4, 0.5) is 0 Å². The summed E-state index contributed by atoms with van der Waals surface area (Å²) in [7, 11) is 0.407. The molecule has 0 unspecified atom stereocenters. The summed E-state index contributed by atoms with van der Waals surface area (Å²) < 4.78 is 27.1. The summed E-state index contributed by atoms with van der Waals surface area (Å²) in [6, 6.07) is 5.10. The van der Waals surface area contributed by atoms with Gasteiger partial charge in [0.05, 0.1) is 12.9 Å². The maximum Gasteiger partial charge on any atom is 0.160 e. The zero-order valence-corrected chi connectivity index (χ0v) is 11.7. The van der Waals surface area contributed by atoms with Gasteiger partial charge < -0.3 is 14.7 Å². The highest BCUT2D eigenvalue weighted by molar-refractivity contribution is 7.90. The highest BCUT2D eigenvalue weighted by Crippen LogP contribution is 2.26. The van der Waals surface area contributed by atoms with Crippen molar-refractivity contribution in [3.8, 4) is 11.5 Å². The van der Waals surface area contributed by atoms with E-state index in [-0.39, 0.29) is 11.5 Å². The van der Waals surface area contributed by atoms with Crippen molar-refractivity contribution in [2.24, 2.45) is 0 Å². The van der Waals surface area contributed by atoms with Crippen LogP contribution in [0.2, 0.25) is 0 Å². The Hall–Kier alpha value is -1.27. The van der Waals surface area contributed by atoms with Crippen molar-refractivity contribution in [1.82, 2.24) is 4.90 Å². The number of hydrogen-bond donors (Lipinski definition) is 1. The van der Waals surface area contributed by atoms with Gasteiger partial charge in [0, 0.05) is 19.3 Å². The Balaban J connectivity index is 2.62. The van der Waals surface area contributed by atoms with Gasteiger partial charge in [0.2, 0.25) is 0 Å². The van der Waals surface area contributed by atoms with Crippen molar-refractivity contribution in [3.05, 3.63) is 23.8 Å². The van der Waals surface area contributed by atoms with Crippen LogP contribution < -0.4 is 4.74 Å². The lowest BCUT2D eigenvalue weighted by molar-refractivity contribution is 0.342. The molecule has 0 atom stereocenters. The fraction of sp³-hybridized carbons (Fsp3) is 0.500. The average molecular weight is 273 g/mol. The number of sulfone groups is 1. The maximum absolute atomic E-state index is 11.1. The predicted molar refractivity (Wildman–Crippen MR) is 70.7 cm³/mol. The molecule has 1 rings (SSSR count). The molecule has 5 nitrogen and oxygen atoms in total. The molecule has 0 saturated carbocycles. The smallest absolute Gasteiger partial charge is 0.160 e. The zero-order chi connectivity index (χ0) is 13.8. The molecule has 0 radical (unpaired) electrons. The van der Waals surface area contributed by atoms with E-state index < -0.39 is 9.84 Å². The minimum absolute atomic E-state index is 0.0973. The van der Waals surface area contributed by atoms with Crippen LogP contribution in [0.3, 0.4) is 0 Å². The van der Waals surface area contributed by atoms with Crippen molar-refractivity contribution >= 4 is 9.84 Å². The van der Waals surface area contributed by atoms with Gasteiger partial charge in [-0.15, -0.1) is 0 Å². The Morgan fingerprint density at radius 2 is 2.06 bits per heavy atom. The summed E-state index contributed by atoms with van der Waals surface area (Å²) in [4.78, 5) is 1.91. The molecule has 0 aliphatic heterocycles. The molecule has 0 heterocycles. The number of aromatic hydroxyl groups is 1. The number of ether oxygens (including phenoxy) is 1. The molecule has 0 aliphatic carbocycles. The predicted octanol–water partition coefficient (Wildman–Crippen LogP) is 0.877. The number of phenols is 1. The van der Waals surface area contributed by atoms with Gasteiger partial charge in [-0.3, -0.25) is 0 Å². The van der Waals surface area contributed by atoms with Gasteiger partial charge >= 0.3 is 0 Å². The second-order valence-electron chi connectivity index (χ2n) is 4.37. The highest BCUT2D eigenvalue weighted by Gasteiger charge is 2.08. The van der Waals surface area contributed by atoms with Gasteiger partial charge in [-0.25, -0.2) is 8.42 Å². The Kier molecular flexibility index (Phi) is 4.98. The van der Waals surface area contributed by atoms with Crippen LogP contribution in [0, 0.1) is 0 Å². The standard InChI is InChI=1S/C12H19NO4S/c1-13(6-7-18(3,15)16)9-10-4-5-11(14)12(8-10)17-2/h4-5,8,14H,6-7,9H2,1-3H3. The minimum Gasteiger partial charge on any atom is -0.504 e. The number of rotatable bonds is 6. The lowest BCUT2D eigenvalue weighted by Crippen LogP contribution is -2.24. The van der Waals surface area contributed by atoms with Gasteiger partial charge in [0.25, 0.3) is 0 Å². The van der Waals surface area contributed by atoms with Crippen LogP contribution in [0.15, 0.2) is 18.2 Å². The molecule has 0 bridgehead atoms. The molecular formula is C12H19NO4S. The van der Waals surface area contributed by atoms with Crippen LogP contribution in [-0.4, -0.2) is 51.1 Å². The molecule has 0 saturated heterocycles. The third-order valence-corrected chi connectivity index (χ3v) is 3.46.